The van der Waals surface area contributed by atoms with E-state index in [1.54, 1.807) is 0 Å². The van der Waals surface area contributed by atoms with Crippen LogP contribution in [0.25, 0.3) is 0 Å². The lowest BCUT2D eigenvalue weighted by Gasteiger charge is -2.10. The minimum absolute atomic E-state index is 0.385. The van der Waals surface area contributed by atoms with Crippen LogP contribution in [0.4, 0.5) is 5.69 Å². The maximum atomic E-state index is 5.85. The second kappa shape index (κ2) is 3.03. The fraction of sp³-hybridized carbons (Fsp3) is 0.667. The summed E-state index contributed by atoms with van der Waals surface area (Å²) in [6, 6.07) is 0.385. The Kier molecular flexibility index (Phi) is 2.00. The van der Waals surface area contributed by atoms with Gasteiger partial charge in [0.15, 0.2) is 0 Å². The fourth-order valence-corrected chi connectivity index (χ4v) is 1.75. The number of hydrogen-bond donors (Lipinski definition) is 1. The summed E-state index contributed by atoms with van der Waals surface area (Å²) in [6.45, 7) is 5.55. The van der Waals surface area contributed by atoms with E-state index in [-0.39, 0.29) is 0 Å². The summed E-state index contributed by atoms with van der Waals surface area (Å²) in [5, 5.41) is 4.40. The fourth-order valence-electron chi connectivity index (χ4n) is 1.75. The normalized spacial score (nSPS) is 22.5. The first kappa shape index (κ1) is 8.56. The smallest absolute Gasteiger partial charge is 0.0826 e. The molecule has 0 aromatic carbocycles. The first-order valence-electron chi connectivity index (χ1n) is 4.59. The number of nitrogens with zero attached hydrogens (tertiary/aromatic N) is 2. The number of rotatable bonds is 1. The lowest BCUT2D eigenvalue weighted by atomic mass is 10.2. The van der Waals surface area contributed by atoms with E-state index in [2.05, 4.69) is 5.10 Å². The third-order valence-corrected chi connectivity index (χ3v) is 2.63. The zero-order valence-corrected chi connectivity index (χ0v) is 8.08. The number of hydrogen-bond acceptors (Lipinski definition) is 3. The van der Waals surface area contributed by atoms with Crippen LogP contribution in [0.2, 0.25) is 0 Å². The number of nitrogen functional groups attached to an aromatic ring is 1. The molecule has 1 aromatic rings. The van der Waals surface area contributed by atoms with Gasteiger partial charge in [0.25, 0.3) is 0 Å². The molecule has 4 heteroatoms. The van der Waals surface area contributed by atoms with Crippen molar-refractivity contribution in [1.82, 2.24) is 9.78 Å². The average molecular weight is 181 g/mol. The van der Waals surface area contributed by atoms with Gasteiger partial charge in [0.1, 0.15) is 0 Å². The molecule has 0 bridgehead atoms. The quantitative estimate of drug-likeness (QED) is 0.704. The largest absolute Gasteiger partial charge is 0.396 e. The summed E-state index contributed by atoms with van der Waals surface area (Å²) in [7, 11) is 0. The molecule has 1 aliphatic heterocycles. The molecule has 2 rings (SSSR count). The van der Waals surface area contributed by atoms with Gasteiger partial charge in [0, 0.05) is 6.61 Å². The van der Waals surface area contributed by atoms with Crippen molar-refractivity contribution in [1.29, 1.82) is 0 Å². The van der Waals surface area contributed by atoms with Gasteiger partial charge in [-0.3, -0.25) is 4.68 Å². The van der Waals surface area contributed by atoms with E-state index < -0.39 is 0 Å². The molecule has 2 heterocycles. The highest BCUT2D eigenvalue weighted by atomic mass is 16.5. The van der Waals surface area contributed by atoms with Crippen molar-refractivity contribution >= 4 is 5.69 Å². The van der Waals surface area contributed by atoms with Gasteiger partial charge in [-0.05, 0) is 20.3 Å². The van der Waals surface area contributed by atoms with Crippen molar-refractivity contribution in [3.8, 4) is 0 Å². The standard InChI is InChI=1S/C9H15N3O/c1-6-9(10)7(2)12(11-6)8-3-4-13-5-8/h8H,3-5,10H2,1-2H3. The summed E-state index contributed by atoms with van der Waals surface area (Å²) in [5.41, 5.74) is 8.64. The molecule has 0 amide bonds. The van der Waals surface area contributed by atoms with Gasteiger partial charge in [-0.25, -0.2) is 0 Å². The Morgan fingerprint density at radius 1 is 1.54 bits per heavy atom. The lowest BCUT2D eigenvalue weighted by molar-refractivity contribution is 0.184. The summed E-state index contributed by atoms with van der Waals surface area (Å²) < 4.78 is 7.31. The molecule has 1 fully saturated rings. The molecule has 0 aliphatic carbocycles. The molecule has 13 heavy (non-hydrogen) atoms. The number of ether oxygens (including phenoxy) is 1. The van der Waals surface area contributed by atoms with Crippen LogP contribution < -0.4 is 5.73 Å². The second-order valence-electron chi connectivity index (χ2n) is 3.55. The van der Waals surface area contributed by atoms with E-state index >= 15 is 0 Å². The Morgan fingerprint density at radius 2 is 2.31 bits per heavy atom. The number of aryl methyl sites for hydroxylation is 1. The summed E-state index contributed by atoms with van der Waals surface area (Å²) in [6.07, 6.45) is 1.04. The lowest BCUT2D eigenvalue weighted by Crippen LogP contribution is -2.12. The van der Waals surface area contributed by atoms with Crippen LogP contribution in [0.15, 0.2) is 0 Å². The third kappa shape index (κ3) is 1.31. The molecular weight excluding hydrogens is 166 g/mol. The Bertz CT molecular complexity index is 313. The van der Waals surface area contributed by atoms with Gasteiger partial charge < -0.3 is 10.5 Å². The van der Waals surface area contributed by atoms with Crippen molar-refractivity contribution in [3.05, 3.63) is 11.4 Å². The maximum absolute atomic E-state index is 5.85. The van der Waals surface area contributed by atoms with Gasteiger partial charge in [-0.15, -0.1) is 0 Å². The van der Waals surface area contributed by atoms with Crippen molar-refractivity contribution in [2.45, 2.75) is 26.3 Å². The van der Waals surface area contributed by atoms with Crippen LogP contribution in [0.1, 0.15) is 23.9 Å². The van der Waals surface area contributed by atoms with Gasteiger partial charge in [-0.1, -0.05) is 0 Å². The van der Waals surface area contributed by atoms with Crippen LogP contribution in [0, 0.1) is 13.8 Å². The van der Waals surface area contributed by atoms with E-state index in [1.807, 2.05) is 18.5 Å². The van der Waals surface area contributed by atoms with E-state index in [4.69, 9.17) is 10.5 Å². The SMILES string of the molecule is Cc1nn(C2CCOC2)c(C)c1N. The van der Waals surface area contributed by atoms with Crippen molar-refractivity contribution in [3.63, 3.8) is 0 Å². The topological polar surface area (TPSA) is 53.1 Å². The Labute approximate surface area is 77.7 Å². The van der Waals surface area contributed by atoms with Crippen LogP contribution in [-0.2, 0) is 4.74 Å². The van der Waals surface area contributed by atoms with Crippen LogP contribution in [-0.4, -0.2) is 23.0 Å². The van der Waals surface area contributed by atoms with Crippen LogP contribution >= 0.6 is 0 Å². The molecule has 0 spiro atoms. The van der Waals surface area contributed by atoms with E-state index in [0.29, 0.717) is 6.04 Å². The molecule has 1 atom stereocenters. The summed E-state index contributed by atoms with van der Waals surface area (Å²) in [5.74, 6) is 0. The number of anilines is 1. The minimum atomic E-state index is 0.385. The first-order chi connectivity index (χ1) is 6.20. The first-order valence-corrected chi connectivity index (χ1v) is 4.59. The average Bonchev–Trinajstić information content (AvgIpc) is 2.70. The maximum Gasteiger partial charge on any atom is 0.0826 e. The Hall–Kier alpha value is -1.03. The molecule has 0 saturated carbocycles. The Balaban J connectivity index is 2.34. The summed E-state index contributed by atoms with van der Waals surface area (Å²) in [4.78, 5) is 0. The van der Waals surface area contributed by atoms with Crippen molar-refractivity contribution in [2.24, 2.45) is 0 Å². The highest BCUT2D eigenvalue weighted by Crippen LogP contribution is 2.24. The monoisotopic (exact) mass is 181 g/mol. The predicted octanol–water partition coefficient (Wildman–Crippen LogP) is 1.04. The van der Waals surface area contributed by atoms with E-state index in [9.17, 15) is 0 Å². The molecule has 1 aliphatic rings. The van der Waals surface area contributed by atoms with Gasteiger partial charge in [-0.2, -0.15) is 5.10 Å². The van der Waals surface area contributed by atoms with Gasteiger partial charge in [0.2, 0.25) is 0 Å². The number of nitrogens with two attached hydrogens (primary N) is 1. The zero-order chi connectivity index (χ0) is 9.42. The second-order valence-corrected chi connectivity index (χ2v) is 3.55. The molecule has 2 N–H and O–H groups in total. The van der Waals surface area contributed by atoms with Crippen molar-refractivity contribution < 1.29 is 4.74 Å². The zero-order valence-electron chi connectivity index (χ0n) is 8.08. The van der Waals surface area contributed by atoms with Crippen LogP contribution in [0.3, 0.4) is 0 Å². The van der Waals surface area contributed by atoms with Gasteiger partial charge >= 0.3 is 0 Å². The third-order valence-electron chi connectivity index (χ3n) is 2.63. The number of aromatic nitrogens is 2. The molecule has 1 saturated heterocycles. The molecular formula is C9H15N3O. The highest BCUT2D eigenvalue weighted by molar-refractivity contribution is 5.47. The summed E-state index contributed by atoms with van der Waals surface area (Å²) >= 11 is 0. The Morgan fingerprint density at radius 3 is 2.77 bits per heavy atom. The van der Waals surface area contributed by atoms with Crippen molar-refractivity contribution in [2.75, 3.05) is 18.9 Å². The predicted molar refractivity (Wildman–Crippen MR) is 50.6 cm³/mol. The van der Waals surface area contributed by atoms with E-state index in [1.165, 1.54) is 0 Å². The molecule has 4 nitrogen and oxygen atoms in total. The molecule has 1 aromatic heterocycles. The molecule has 72 valence electrons. The molecule has 1 unspecified atom stereocenters. The highest BCUT2D eigenvalue weighted by Gasteiger charge is 2.21. The molecule has 0 radical (unpaired) electrons. The van der Waals surface area contributed by atoms with Crippen LogP contribution in [0.5, 0.6) is 0 Å². The van der Waals surface area contributed by atoms with E-state index in [0.717, 1.165) is 36.7 Å². The minimum Gasteiger partial charge on any atom is -0.396 e. The van der Waals surface area contributed by atoms with Gasteiger partial charge in [0.05, 0.1) is 29.7 Å².